The fourth-order valence-electron chi connectivity index (χ4n) is 2.84. The van der Waals surface area contributed by atoms with Crippen molar-refractivity contribution >= 4 is 33.2 Å². The minimum Gasteiger partial charge on any atom is -0.352 e. The van der Waals surface area contributed by atoms with Crippen LogP contribution in [0.5, 0.6) is 0 Å². The van der Waals surface area contributed by atoms with E-state index in [1.807, 2.05) is 4.57 Å². The van der Waals surface area contributed by atoms with Crippen molar-refractivity contribution in [2.75, 3.05) is 11.3 Å². The van der Waals surface area contributed by atoms with Crippen LogP contribution in [0.2, 0.25) is 5.02 Å². The normalized spacial score (nSPS) is 11.9. The summed E-state index contributed by atoms with van der Waals surface area (Å²) < 4.78 is 68.7. The third kappa shape index (κ3) is 5.80. The smallest absolute Gasteiger partial charge is 0.352 e. The van der Waals surface area contributed by atoms with Crippen LogP contribution in [0.25, 0.3) is 0 Å². The number of nitrogens with one attached hydrogen (secondary N) is 2. The highest BCUT2D eigenvalue weighted by Gasteiger charge is 2.34. The van der Waals surface area contributed by atoms with Gasteiger partial charge in [-0.1, -0.05) is 23.7 Å². The number of rotatable bonds is 8. The van der Waals surface area contributed by atoms with Crippen LogP contribution >= 0.6 is 11.6 Å². The van der Waals surface area contributed by atoms with Crippen molar-refractivity contribution in [1.29, 1.82) is 0 Å². The molecule has 0 saturated carbocycles. The highest BCUT2D eigenvalue weighted by atomic mass is 35.5. The van der Waals surface area contributed by atoms with Gasteiger partial charge in [-0.2, -0.15) is 13.2 Å². The Labute approximate surface area is 187 Å². The van der Waals surface area contributed by atoms with Crippen LogP contribution in [0.4, 0.5) is 18.9 Å². The molecule has 32 heavy (non-hydrogen) atoms. The van der Waals surface area contributed by atoms with Crippen molar-refractivity contribution in [2.45, 2.75) is 24.0 Å². The maximum absolute atomic E-state index is 13.1. The van der Waals surface area contributed by atoms with Crippen LogP contribution in [-0.4, -0.2) is 30.4 Å². The van der Waals surface area contributed by atoms with E-state index in [9.17, 15) is 26.4 Å². The molecule has 1 heterocycles. The molecule has 0 atom stereocenters. The molecule has 0 aliphatic rings. The van der Waals surface area contributed by atoms with Gasteiger partial charge < -0.3 is 9.88 Å². The van der Waals surface area contributed by atoms with Crippen molar-refractivity contribution in [2.24, 2.45) is 0 Å². The molecule has 0 fully saturated rings. The van der Waals surface area contributed by atoms with Crippen molar-refractivity contribution in [3.63, 3.8) is 0 Å². The van der Waals surface area contributed by atoms with Gasteiger partial charge in [-0.25, -0.2) is 13.4 Å². The molecular formula is C20H18ClF3N4O3S. The molecule has 7 nitrogen and oxygen atoms in total. The van der Waals surface area contributed by atoms with Gasteiger partial charge in [0, 0.05) is 25.5 Å². The number of aryl methyl sites for hydroxylation is 1. The van der Waals surface area contributed by atoms with Gasteiger partial charge in [-0.05, 0) is 36.8 Å². The lowest BCUT2D eigenvalue weighted by Gasteiger charge is -2.14. The maximum atomic E-state index is 13.1. The number of carbonyl (C=O) groups is 1. The Bertz CT molecular complexity index is 1200. The summed E-state index contributed by atoms with van der Waals surface area (Å²) in [6.07, 6.45) is 0.858. The van der Waals surface area contributed by atoms with E-state index in [2.05, 4.69) is 15.0 Å². The lowest BCUT2D eigenvalue weighted by atomic mass is 10.1. The van der Waals surface area contributed by atoms with Crippen LogP contribution in [0, 0.1) is 0 Å². The zero-order valence-corrected chi connectivity index (χ0v) is 18.0. The molecule has 170 valence electrons. The minimum atomic E-state index is -4.82. The molecule has 3 aromatic rings. The van der Waals surface area contributed by atoms with Crippen LogP contribution in [-0.2, 0) is 22.7 Å². The quantitative estimate of drug-likeness (QED) is 0.467. The first-order valence-corrected chi connectivity index (χ1v) is 11.2. The van der Waals surface area contributed by atoms with Crippen LogP contribution in [0.1, 0.15) is 22.3 Å². The number of halogens is 4. The van der Waals surface area contributed by atoms with E-state index in [1.54, 1.807) is 24.8 Å². The first-order chi connectivity index (χ1) is 15.1. The zero-order chi connectivity index (χ0) is 23.4. The van der Waals surface area contributed by atoms with Gasteiger partial charge >= 0.3 is 6.18 Å². The van der Waals surface area contributed by atoms with Gasteiger partial charge in [0.25, 0.3) is 15.9 Å². The molecule has 0 bridgehead atoms. The molecule has 1 aromatic heterocycles. The Kier molecular flexibility index (Phi) is 7.09. The molecule has 1 amide bonds. The third-order valence-electron chi connectivity index (χ3n) is 4.41. The van der Waals surface area contributed by atoms with E-state index < -0.39 is 37.6 Å². The summed E-state index contributed by atoms with van der Waals surface area (Å²) in [5, 5.41) is 2.07. The monoisotopic (exact) mass is 486 g/mol. The van der Waals surface area contributed by atoms with Crippen molar-refractivity contribution in [1.82, 2.24) is 14.9 Å². The summed E-state index contributed by atoms with van der Waals surface area (Å²) in [6, 6.07) is 8.06. The average Bonchev–Trinajstić information content (AvgIpc) is 3.24. The van der Waals surface area contributed by atoms with Crippen LogP contribution in [0.3, 0.4) is 0 Å². The number of amides is 1. The number of aromatic nitrogens is 2. The first-order valence-electron chi connectivity index (χ1n) is 9.30. The number of carbonyl (C=O) groups excluding carboxylic acids is 1. The standard InChI is InChI=1S/C20H18ClF3N4O3S/c21-17-7-6-14(12-16(17)20(22,23)24)32(30,31)27-18-5-2-1-4-15(18)19(29)26-8-3-10-28-11-9-25-13-28/h1-2,4-7,9,11-13,27H,3,8,10H2,(H,26,29). The summed E-state index contributed by atoms with van der Waals surface area (Å²) in [6.45, 7) is 0.955. The number of nitrogens with zero attached hydrogens (tertiary/aromatic N) is 2. The van der Waals surface area contributed by atoms with Crippen molar-refractivity contribution in [3.05, 3.63) is 77.3 Å². The van der Waals surface area contributed by atoms with Gasteiger partial charge in [0.05, 0.1) is 33.1 Å². The molecule has 0 aliphatic heterocycles. The Balaban J connectivity index is 1.74. The van der Waals surface area contributed by atoms with Crippen LogP contribution < -0.4 is 10.0 Å². The largest absolute Gasteiger partial charge is 0.417 e. The molecule has 2 aromatic carbocycles. The molecule has 0 unspecified atom stereocenters. The third-order valence-corrected chi connectivity index (χ3v) is 6.10. The van der Waals surface area contributed by atoms with Gasteiger partial charge in [-0.15, -0.1) is 0 Å². The number of sulfonamides is 1. The molecule has 0 aliphatic carbocycles. The van der Waals surface area contributed by atoms with Crippen molar-refractivity contribution < 1.29 is 26.4 Å². The molecule has 3 rings (SSSR count). The molecule has 0 saturated heterocycles. The Morgan fingerprint density at radius 2 is 1.91 bits per heavy atom. The summed E-state index contributed by atoms with van der Waals surface area (Å²) in [5.41, 5.74) is -1.31. The molecule has 0 spiro atoms. The van der Waals surface area contributed by atoms with E-state index in [-0.39, 0.29) is 11.3 Å². The number of alkyl halides is 3. The van der Waals surface area contributed by atoms with Crippen LogP contribution in [0.15, 0.2) is 66.1 Å². The maximum Gasteiger partial charge on any atom is 0.417 e. The molecular weight excluding hydrogens is 469 g/mol. The van der Waals surface area contributed by atoms with Gasteiger partial charge in [0.1, 0.15) is 0 Å². The second-order valence-corrected chi connectivity index (χ2v) is 8.79. The highest BCUT2D eigenvalue weighted by Crippen LogP contribution is 2.36. The van der Waals surface area contributed by atoms with E-state index >= 15 is 0 Å². The van der Waals surface area contributed by atoms with E-state index in [0.29, 0.717) is 25.6 Å². The number of benzene rings is 2. The number of hydrogen-bond acceptors (Lipinski definition) is 4. The number of imidazole rings is 1. The van der Waals surface area contributed by atoms with E-state index in [1.165, 1.54) is 18.2 Å². The van der Waals surface area contributed by atoms with E-state index in [0.717, 1.165) is 12.1 Å². The molecule has 2 N–H and O–H groups in total. The molecule has 12 heteroatoms. The number of para-hydroxylation sites is 1. The number of hydrogen-bond donors (Lipinski definition) is 2. The summed E-state index contributed by atoms with van der Waals surface area (Å²) in [4.78, 5) is 15.8. The highest BCUT2D eigenvalue weighted by molar-refractivity contribution is 7.92. The number of anilines is 1. The summed E-state index contributed by atoms with van der Waals surface area (Å²) in [5.74, 6) is -0.527. The lowest BCUT2D eigenvalue weighted by molar-refractivity contribution is -0.137. The second kappa shape index (κ2) is 9.61. The van der Waals surface area contributed by atoms with Gasteiger partial charge in [-0.3, -0.25) is 9.52 Å². The van der Waals surface area contributed by atoms with Crippen molar-refractivity contribution in [3.8, 4) is 0 Å². The predicted octanol–water partition coefficient (Wildman–Crippen LogP) is 4.18. The Morgan fingerprint density at radius 3 is 2.59 bits per heavy atom. The second-order valence-electron chi connectivity index (χ2n) is 6.70. The Hall–Kier alpha value is -3.05. The fourth-order valence-corrected chi connectivity index (χ4v) is 4.17. The van der Waals surface area contributed by atoms with Gasteiger partial charge in [0.15, 0.2) is 0 Å². The average molecular weight is 487 g/mol. The molecule has 0 radical (unpaired) electrons. The minimum absolute atomic E-state index is 0.0312. The van der Waals surface area contributed by atoms with Gasteiger partial charge in [0.2, 0.25) is 0 Å². The Morgan fingerprint density at radius 1 is 1.16 bits per heavy atom. The lowest BCUT2D eigenvalue weighted by Crippen LogP contribution is -2.27. The predicted molar refractivity (Wildman–Crippen MR) is 113 cm³/mol. The SMILES string of the molecule is O=C(NCCCn1ccnc1)c1ccccc1NS(=O)(=O)c1ccc(Cl)c(C(F)(F)F)c1. The summed E-state index contributed by atoms with van der Waals surface area (Å²) in [7, 11) is -4.42. The van der Waals surface area contributed by atoms with E-state index in [4.69, 9.17) is 11.6 Å². The summed E-state index contributed by atoms with van der Waals surface area (Å²) >= 11 is 5.56. The zero-order valence-electron chi connectivity index (χ0n) is 16.4. The topological polar surface area (TPSA) is 93.1 Å². The fraction of sp³-hybridized carbons (Fsp3) is 0.200. The first kappa shape index (κ1) is 23.6.